The number of unbranched alkanes of at least 4 members (excludes halogenated alkanes) is 1. The molecule has 65 heavy (non-hydrogen) atoms. The molecule has 2 amide bonds. The van der Waals surface area contributed by atoms with E-state index in [1.54, 1.807) is 24.5 Å². The molecule has 0 aromatic heterocycles. The minimum atomic E-state index is -1.29. The second-order valence-corrected chi connectivity index (χ2v) is 17.0. The molecule has 0 spiro atoms. The quantitative estimate of drug-likeness (QED) is 0.0470. The highest BCUT2D eigenvalue weighted by Gasteiger charge is 2.24. The van der Waals surface area contributed by atoms with Gasteiger partial charge in [-0.05, 0) is 25.2 Å². The number of ether oxygens (including phenoxy) is 1. The Bertz CT molecular complexity index is 1490. The van der Waals surface area contributed by atoms with Gasteiger partial charge in [-0.1, -0.05) is 13.8 Å². The second-order valence-electron chi connectivity index (χ2n) is 17.0. The maximum absolute atomic E-state index is 13.5. The van der Waals surface area contributed by atoms with Crippen LogP contribution in [0.25, 0.3) is 0 Å². The number of carbonyl (C=O) groups excluding carboxylic acids is 5. The van der Waals surface area contributed by atoms with E-state index in [1.165, 1.54) is 7.11 Å². The van der Waals surface area contributed by atoms with E-state index in [9.17, 15) is 63.9 Å². The average Bonchev–Trinajstić information content (AvgIpc) is 3.20. The molecule has 2 rings (SSSR count). The topological polar surface area (TPSA) is 303 Å². The van der Waals surface area contributed by atoms with Crippen molar-refractivity contribution in [1.29, 1.82) is 0 Å². The first kappa shape index (κ1) is 56.6. The Kier molecular flexibility index (Phi) is 27.3. The molecular formula is C41H72N10O14-2. The van der Waals surface area contributed by atoms with Crippen LogP contribution < -0.4 is 20.8 Å². The summed E-state index contributed by atoms with van der Waals surface area (Å²) < 4.78 is 4.85. The second kappa shape index (κ2) is 31.4. The van der Waals surface area contributed by atoms with Crippen LogP contribution in [0.4, 0.5) is 0 Å². The summed E-state index contributed by atoms with van der Waals surface area (Å²) in [5.74, 6) is -6.56. The summed E-state index contributed by atoms with van der Waals surface area (Å²) >= 11 is 0. The third-order valence-electron chi connectivity index (χ3n) is 11.4. The molecule has 0 aromatic carbocycles. The Morgan fingerprint density at radius 3 is 1.09 bits per heavy atom. The van der Waals surface area contributed by atoms with Gasteiger partial charge in [0.15, 0.2) is 0 Å². The molecule has 1 atom stereocenters. The van der Waals surface area contributed by atoms with Gasteiger partial charge in [0.25, 0.3) is 0 Å². The predicted molar refractivity (Wildman–Crippen MR) is 230 cm³/mol. The van der Waals surface area contributed by atoms with Gasteiger partial charge in [-0.2, -0.15) is 0 Å². The molecule has 1 unspecified atom stereocenters. The summed E-state index contributed by atoms with van der Waals surface area (Å²) in [5.41, 5.74) is 0. The van der Waals surface area contributed by atoms with Crippen molar-refractivity contribution < 1.29 is 68.6 Å². The average molecular weight is 929 g/mol. The summed E-state index contributed by atoms with van der Waals surface area (Å²) in [6.45, 7) is 7.39. The number of carbonyl (C=O) groups is 8. The highest BCUT2D eigenvalue weighted by atomic mass is 16.5. The van der Waals surface area contributed by atoms with Crippen LogP contribution in [0.15, 0.2) is 0 Å². The van der Waals surface area contributed by atoms with Crippen molar-refractivity contribution in [3.8, 4) is 0 Å². The zero-order valence-electron chi connectivity index (χ0n) is 38.4. The first-order chi connectivity index (χ1) is 30.8. The largest absolute Gasteiger partial charge is 0.549 e. The highest BCUT2D eigenvalue weighted by molar-refractivity contribution is 5.78. The molecule has 0 saturated carbocycles. The maximum atomic E-state index is 13.5. The SMILES string of the molecule is COC(=O)CN1CCN(CC(=O)O)CCN(CC(=O)[O-])CCN(CC(=O)NCCCCC(NC(=O)CN2CCN(CC(=O)[O-])CCN(CC(=O)O)CCN(CC(=O)O)CC2)C(C)C)CC1. The molecule has 2 saturated heterocycles. The van der Waals surface area contributed by atoms with E-state index in [-0.39, 0.29) is 135 Å². The van der Waals surface area contributed by atoms with E-state index in [1.807, 2.05) is 28.5 Å². The van der Waals surface area contributed by atoms with Crippen LogP contribution in [-0.2, 0) is 43.1 Å². The molecular weight excluding hydrogens is 857 g/mol. The minimum absolute atomic E-state index is 0.0136. The number of carboxylic acid groups (broad SMARTS) is 5. The third-order valence-corrected chi connectivity index (χ3v) is 11.4. The number of hydrogen-bond acceptors (Lipinski definition) is 19. The molecule has 372 valence electrons. The van der Waals surface area contributed by atoms with Gasteiger partial charge in [0.1, 0.15) is 0 Å². The van der Waals surface area contributed by atoms with E-state index in [4.69, 9.17) is 4.74 Å². The fourth-order valence-electron chi connectivity index (χ4n) is 7.61. The van der Waals surface area contributed by atoms with Crippen LogP contribution in [0, 0.1) is 5.92 Å². The first-order valence-corrected chi connectivity index (χ1v) is 22.3. The normalized spacial score (nSPS) is 19.1. The molecule has 24 heteroatoms. The van der Waals surface area contributed by atoms with Gasteiger partial charge in [0.05, 0.1) is 58.3 Å². The Hall–Kier alpha value is -4.56. The lowest BCUT2D eigenvalue weighted by atomic mass is 9.98. The maximum Gasteiger partial charge on any atom is 0.319 e. The van der Waals surface area contributed by atoms with Crippen LogP contribution in [-0.4, -0.2) is 279 Å². The van der Waals surface area contributed by atoms with Crippen LogP contribution >= 0.6 is 0 Å². The van der Waals surface area contributed by atoms with E-state index in [0.29, 0.717) is 71.6 Å². The lowest BCUT2D eigenvalue weighted by molar-refractivity contribution is -0.307. The summed E-state index contributed by atoms with van der Waals surface area (Å²) in [6, 6.07) is -0.195. The molecule has 2 aliphatic rings. The van der Waals surface area contributed by atoms with E-state index >= 15 is 0 Å². The van der Waals surface area contributed by atoms with Gasteiger partial charge in [0, 0.05) is 130 Å². The monoisotopic (exact) mass is 929 g/mol. The number of nitrogens with zero attached hydrogens (tertiary/aromatic N) is 8. The van der Waals surface area contributed by atoms with Crippen molar-refractivity contribution in [2.45, 2.75) is 39.2 Å². The van der Waals surface area contributed by atoms with Gasteiger partial charge in [-0.3, -0.25) is 68.0 Å². The molecule has 2 heterocycles. The standard InChI is InChI=1S/C41H74N10O14/c1-32(2)33(43-35(53)25-45-9-13-47(27-37(56)57)15-18-49(29-39(60)61)19-16-48(14-10-45)28-38(58)59)6-4-5-7-42-34(52)24-44-8-12-46(26-36(54)55)17-20-50(30-40(62)63)21-23-51(22-11-44)31-41(64)65-3/h32-33H,4-31H2,1-3H3,(H,42,52)(H,43,53)(H,54,55)(H,56,57)(H,58,59)(H,60,61)(H,62,63)/p-2. The van der Waals surface area contributed by atoms with Crippen molar-refractivity contribution in [2.24, 2.45) is 5.92 Å². The van der Waals surface area contributed by atoms with E-state index in [0.717, 1.165) is 0 Å². The third kappa shape index (κ3) is 26.9. The lowest BCUT2D eigenvalue weighted by Gasteiger charge is -2.33. The van der Waals surface area contributed by atoms with Crippen molar-refractivity contribution >= 4 is 47.6 Å². The number of amides is 2. The molecule has 2 aliphatic heterocycles. The smallest absolute Gasteiger partial charge is 0.319 e. The lowest BCUT2D eigenvalue weighted by Crippen LogP contribution is -2.51. The zero-order valence-corrected chi connectivity index (χ0v) is 38.4. The molecule has 0 bridgehead atoms. The van der Waals surface area contributed by atoms with Crippen LogP contribution in [0.3, 0.4) is 0 Å². The number of nitrogens with one attached hydrogen (secondary N) is 2. The summed E-state index contributed by atoms with van der Waals surface area (Å²) in [5, 5.41) is 57.4. The zero-order chi connectivity index (χ0) is 48.3. The molecule has 0 aliphatic carbocycles. The predicted octanol–water partition coefficient (Wildman–Crippen LogP) is -6.22. The fourth-order valence-corrected chi connectivity index (χ4v) is 7.61. The van der Waals surface area contributed by atoms with Gasteiger partial charge in [0.2, 0.25) is 11.8 Å². The number of aliphatic carboxylic acids is 5. The summed E-state index contributed by atoms with van der Waals surface area (Å²) in [6.07, 6.45) is 1.92. The highest BCUT2D eigenvalue weighted by Crippen LogP contribution is 2.11. The van der Waals surface area contributed by atoms with Crippen molar-refractivity contribution in [2.75, 3.05) is 171 Å². The Labute approximate surface area is 381 Å². The number of esters is 1. The molecule has 0 aromatic rings. The molecule has 5 N–H and O–H groups in total. The van der Waals surface area contributed by atoms with E-state index in [2.05, 4.69) is 10.6 Å². The Morgan fingerprint density at radius 1 is 0.477 bits per heavy atom. The molecule has 2 fully saturated rings. The van der Waals surface area contributed by atoms with Gasteiger partial charge < -0.3 is 50.5 Å². The molecule has 0 radical (unpaired) electrons. The Balaban J connectivity index is 1.99. The number of rotatable bonds is 23. The van der Waals surface area contributed by atoms with Crippen LogP contribution in [0.2, 0.25) is 0 Å². The Morgan fingerprint density at radius 2 is 0.785 bits per heavy atom. The summed E-state index contributed by atoms with van der Waals surface area (Å²) in [7, 11) is 1.28. The number of carboxylic acids is 5. The summed E-state index contributed by atoms with van der Waals surface area (Å²) in [4.78, 5) is 110. The molecule has 24 nitrogen and oxygen atoms in total. The van der Waals surface area contributed by atoms with Crippen LogP contribution in [0.1, 0.15) is 33.1 Å². The van der Waals surface area contributed by atoms with Crippen molar-refractivity contribution in [3.05, 3.63) is 0 Å². The first-order valence-electron chi connectivity index (χ1n) is 22.3. The van der Waals surface area contributed by atoms with Crippen molar-refractivity contribution in [1.82, 2.24) is 49.8 Å². The minimum Gasteiger partial charge on any atom is -0.549 e. The van der Waals surface area contributed by atoms with Gasteiger partial charge in [-0.25, -0.2) is 0 Å². The van der Waals surface area contributed by atoms with Crippen molar-refractivity contribution in [3.63, 3.8) is 0 Å². The van der Waals surface area contributed by atoms with Gasteiger partial charge >= 0.3 is 23.9 Å². The number of methoxy groups -OCH3 is 1. The van der Waals surface area contributed by atoms with Gasteiger partial charge in [-0.15, -0.1) is 0 Å². The number of hydrogen-bond donors (Lipinski definition) is 5. The van der Waals surface area contributed by atoms with E-state index < -0.39 is 35.8 Å². The fraction of sp³-hybridized carbons (Fsp3) is 0.805. The van der Waals surface area contributed by atoms with Crippen LogP contribution in [0.5, 0.6) is 0 Å².